The van der Waals surface area contributed by atoms with E-state index in [9.17, 15) is 19.8 Å². The average Bonchev–Trinajstić information content (AvgIpc) is 3.28. The van der Waals surface area contributed by atoms with Gasteiger partial charge in [-0.05, 0) is 77.0 Å². The molecule has 0 spiro atoms. The third-order valence-electron chi connectivity index (χ3n) is 11.3. The fourth-order valence-corrected chi connectivity index (χ4v) is 7.41. The van der Waals surface area contributed by atoms with E-state index >= 15 is 0 Å². The van der Waals surface area contributed by atoms with Crippen molar-refractivity contribution in [2.24, 2.45) is 0 Å². The number of rotatable bonds is 45. The number of carbonyl (C=O) groups excluding carboxylic acids is 2. The minimum absolute atomic E-state index is 0.0287. The SMILES string of the molecule is CC/C=C/C=C/C=C\C=C/C=C/CCCCCC(=O)OC(CCCC/C=C/C/C=C/C/C=C/CC)CC(=O)NC(CO)C(O)CCCCCCCCCCCCCCCCCCC. The summed E-state index contributed by atoms with van der Waals surface area (Å²) in [5.41, 5.74) is 0. The van der Waals surface area contributed by atoms with Crippen LogP contribution >= 0.6 is 0 Å². The van der Waals surface area contributed by atoms with Gasteiger partial charge in [-0.15, -0.1) is 0 Å². The number of hydrogen-bond donors (Lipinski definition) is 3. The quantitative estimate of drug-likeness (QED) is 0.0245. The monoisotopic (exact) mass is 876 g/mol. The van der Waals surface area contributed by atoms with Crippen LogP contribution in [0.3, 0.4) is 0 Å². The molecule has 6 heteroatoms. The van der Waals surface area contributed by atoms with Gasteiger partial charge in [0.2, 0.25) is 5.91 Å². The molecule has 0 aromatic heterocycles. The van der Waals surface area contributed by atoms with Gasteiger partial charge < -0.3 is 20.3 Å². The molecule has 0 aromatic carbocycles. The van der Waals surface area contributed by atoms with Gasteiger partial charge in [-0.25, -0.2) is 0 Å². The zero-order valence-electron chi connectivity index (χ0n) is 40.9. The second-order valence-electron chi connectivity index (χ2n) is 17.3. The van der Waals surface area contributed by atoms with Crippen molar-refractivity contribution in [1.82, 2.24) is 5.32 Å². The minimum atomic E-state index is -0.811. The van der Waals surface area contributed by atoms with Gasteiger partial charge in [-0.3, -0.25) is 9.59 Å². The van der Waals surface area contributed by atoms with Crippen LogP contribution in [0.5, 0.6) is 0 Å². The number of ether oxygens (including phenoxy) is 1. The molecule has 3 N–H and O–H groups in total. The van der Waals surface area contributed by atoms with Gasteiger partial charge in [0.15, 0.2) is 0 Å². The van der Waals surface area contributed by atoms with E-state index in [2.05, 4.69) is 80.8 Å². The van der Waals surface area contributed by atoms with Crippen LogP contribution in [-0.4, -0.2) is 46.9 Å². The van der Waals surface area contributed by atoms with Crippen LogP contribution in [-0.2, 0) is 14.3 Å². The number of aliphatic hydroxyl groups excluding tert-OH is 2. The van der Waals surface area contributed by atoms with Crippen LogP contribution in [0.15, 0.2) is 97.2 Å². The average molecular weight is 876 g/mol. The number of allylic oxidation sites excluding steroid dienone is 16. The van der Waals surface area contributed by atoms with E-state index in [1.54, 1.807) is 0 Å². The smallest absolute Gasteiger partial charge is 0.306 e. The zero-order chi connectivity index (χ0) is 45.9. The highest BCUT2D eigenvalue weighted by atomic mass is 16.5. The highest BCUT2D eigenvalue weighted by Crippen LogP contribution is 2.17. The van der Waals surface area contributed by atoms with Crippen molar-refractivity contribution in [3.63, 3.8) is 0 Å². The number of amides is 1. The Bertz CT molecular complexity index is 1260. The van der Waals surface area contributed by atoms with Crippen molar-refractivity contribution in [3.05, 3.63) is 97.2 Å². The summed E-state index contributed by atoms with van der Waals surface area (Å²) in [4.78, 5) is 26.1. The third kappa shape index (κ3) is 45.2. The molecule has 0 radical (unpaired) electrons. The summed E-state index contributed by atoms with van der Waals surface area (Å²) in [5, 5.41) is 23.8. The molecule has 0 aliphatic carbocycles. The third-order valence-corrected chi connectivity index (χ3v) is 11.3. The number of aliphatic hydroxyl groups is 2. The molecule has 63 heavy (non-hydrogen) atoms. The minimum Gasteiger partial charge on any atom is -0.462 e. The lowest BCUT2D eigenvalue weighted by atomic mass is 10.0. The first kappa shape index (κ1) is 59.8. The second kappa shape index (κ2) is 49.8. The fraction of sp³-hybridized carbons (Fsp3) is 0.684. The standard InChI is InChI=1S/C57H97NO5/c1-4-7-10-13-16-19-22-25-27-28-30-31-34-37-40-43-46-49-55(60)54(52-59)58-56(61)51-53(48-45-42-39-36-33-24-21-18-15-12-9-6-3)63-57(62)50-47-44-41-38-35-32-29-26-23-20-17-14-11-8-5-2/h8-9,11-12,14,17-18,20-21,23,26,29,32-33,35-36,53-55,59-60H,4-7,10,13,15-16,19,22,24-25,27-28,30-31,34,37-52H2,1-3H3,(H,58,61)/b11-8+,12-9+,17-14+,21-18+,23-20-,29-26-,35-32+,36-33+. The molecule has 0 aliphatic heterocycles. The van der Waals surface area contributed by atoms with Crippen LogP contribution in [0.4, 0.5) is 0 Å². The highest BCUT2D eigenvalue weighted by molar-refractivity contribution is 5.77. The molecule has 0 aromatic rings. The maximum Gasteiger partial charge on any atom is 0.306 e. The molecule has 1 amide bonds. The van der Waals surface area contributed by atoms with Gasteiger partial charge in [-0.2, -0.15) is 0 Å². The van der Waals surface area contributed by atoms with Crippen molar-refractivity contribution >= 4 is 11.9 Å². The van der Waals surface area contributed by atoms with Gasteiger partial charge in [0.1, 0.15) is 6.10 Å². The lowest BCUT2D eigenvalue weighted by molar-refractivity contribution is -0.151. The van der Waals surface area contributed by atoms with E-state index in [1.807, 2.05) is 42.5 Å². The Morgan fingerprint density at radius 3 is 1.49 bits per heavy atom. The summed E-state index contributed by atoms with van der Waals surface area (Å²) in [6.07, 6.45) is 66.1. The van der Waals surface area contributed by atoms with E-state index < -0.39 is 18.2 Å². The number of carbonyl (C=O) groups is 2. The molecule has 3 atom stereocenters. The first-order valence-electron chi connectivity index (χ1n) is 26.0. The first-order valence-corrected chi connectivity index (χ1v) is 26.0. The van der Waals surface area contributed by atoms with E-state index in [0.717, 1.165) is 89.9 Å². The van der Waals surface area contributed by atoms with E-state index in [1.165, 1.54) is 89.9 Å². The van der Waals surface area contributed by atoms with Gasteiger partial charge in [0.25, 0.3) is 0 Å². The summed E-state index contributed by atoms with van der Waals surface area (Å²) in [6, 6.07) is -0.729. The lowest BCUT2D eigenvalue weighted by Crippen LogP contribution is -2.46. The van der Waals surface area contributed by atoms with Crippen LogP contribution in [0.25, 0.3) is 0 Å². The largest absolute Gasteiger partial charge is 0.462 e. The molecule has 3 unspecified atom stereocenters. The van der Waals surface area contributed by atoms with Crippen LogP contribution < -0.4 is 5.32 Å². The molecule has 0 fully saturated rings. The van der Waals surface area contributed by atoms with Gasteiger partial charge >= 0.3 is 5.97 Å². The maximum atomic E-state index is 13.2. The highest BCUT2D eigenvalue weighted by Gasteiger charge is 2.24. The Kier molecular flexibility index (Phi) is 47.2. The van der Waals surface area contributed by atoms with Crippen LogP contribution in [0.1, 0.15) is 226 Å². The first-order chi connectivity index (χ1) is 31.0. The number of esters is 1. The number of unbranched alkanes of at least 4 members (excludes halogenated alkanes) is 21. The second-order valence-corrected chi connectivity index (χ2v) is 17.3. The summed E-state index contributed by atoms with van der Waals surface area (Å²) in [7, 11) is 0. The number of hydrogen-bond acceptors (Lipinski definition) is 5. The molecular weight excluding hydrogens is 779 g/mol. The Morgan fingerprint density at radius 2 is 0.937 bits per heavy atom. The molecule has 0 bridgehead atoms. The molecule has 0 saturated heterocycles. The van der Waals surface area contributed by atoms with Gasteiger partial charge in [0.05, 0.1) is 25.2 Å². The van der Waals surface area contributed by atoms with Crippen molar-refractivity contribution in [2.75, 3.05) is 6.61 Å². The molecule has 0 aliphatic rings. The van der Waals surface area contributed by atoms with Crippen molar-refractivity contribution in [1.29, 1.82) is 0 Å². The molecular formula is C57H97NO5. The molecule has 0 saturated carbocycles. The van der Waals surface area contributed by atoms with Crippen molar-refractivity contribution < 1.29 is 24.5 Å². The molecule has 6 nitrogen and oxygen atoms in total. The summed E-state index contributed by atoms with van der Waals surface area (Å²) in [6.45, 7) is 6.20. The van der Waals surface area contributed by atoms with Crippen LogP contribution in [0, 0.1) is 0 Å². The predicted molar refractivity (Wildman–Crippen MR) is 273 cm³/mol. The Labute approximate surface area is 388 Å². The Balaban J connectivity index is 4.63. The predicted octanol–water partition coefficient (Wildman–Crippen LogP) is 15.7. The summed E-state index contributed by atoms with van der Waals surface area (Å²) < 4.78 is 5.89. The van der Waals surface area contributed by atoms with Crippen molar-refractivity contribution in [3.8, 4) is 0 Å². The van der Waals surface area contributed by atoms with Gasteiger partial charge in [-0.1, -0.05) is 234 Å². The lowest BCUT2D eigenvalue weighted by Gasteiger charge is -2.24. The van der Waals surface area contributed by atoms with E-state index in [-0.39, 0.29) is 24.9 Å². The van der Waals surface area contributed by atoms with Gasteiger partial charge in [0, 0.05) is 6.42 Å². The molecule has 360 valence electrons. The maximum absolute atomic E-state index is 13.2. The topological polar surface area (TPSA) is 95.9 Å². The summed E-state index contributed by atoms with van der Waals surface area (Å²) >= 11 is 0. The Hall–Kier alpha value is -3.22. The normalized spacial score (nSPS) is 14.0. The van der Waals surface area contributed by atoms with E-state index in [4.69, 9.17) is 4.74 Å². The van der Waals surface area contributed by atoms with Crippen molar-refractivity contribution in [2.45, 2.75) is 244 Å². The molecule has 0 rings (SSSR count). The Morgan fingerprint density at radius 1 is 0.492 bits per heavy atom. The van der Waals surface area contributed by atoms with E-state index in [0.29, 0.717) is 19.3 Å². The van der Waals surface area contributed by atoms with Crippen LogP contribution in [0.2, 0.25) is 0 Å². The fourth-order valence-electron chi connectivity index (χ4n) is 7.41. The number of nitrogens with one attached hydrogen (secondary N) is 1. The summed E-state index contributed by atoms with van der Waals surface area (Å²) in [5.74, 6) is -0.569. The molecule has 0 heterocycles. The zero-order valence-corrected chi connectivity index (χ0v) is 40.9.